The number of carboxylic acid groups (broad SMARTS) is 1. The molecule has 4 nitrogen and oxygen atoms in total. The van der Waals surface area contributed by atoms with Crippen molar-refractivity contribution in [3.63, 3.8) is 0 Å². The lowest BCUT2D eigenvalue weighted by Crippen LogP contribution is -2.34. The molecule has 4 heteroatoms. The quantitative estimate of drug-likeness (QED) is 0.789. The van der Waals surface area contributed by atoms with Crippen LogP contribution in [0.3, 0.4) is 0 Å². The molecule has 3 N–H and O–H groups in total. The Morgan fingerprint density at radius 2 is 1.94 bits per heavy atom. The van der Waals surface area contributed by atoms with Crippen molar-refractivity contribution in [1.29, 1.82) is 0 Å². The lowest BCUT2D eigenvalue weighted by Gasteiger charge is -2.31. The van der Waals surface area contributed by atoms with Crippen LogP contribution in [0, 0.1) is 5.92 Å². The number of rotatable bonds is 5. The Hall–Kier alpha value is -1.71. The van der Waals surface area contributed by atoms with E-state index in [1.165, 1.54) is 0 Å². The van der Waals surface area contributed by atoms with Gasteiger partial charge >= 0.3 is 5.97 Å². The lowest BCUT2D eigenvalue weighted by molar-refractivity contribution is 0.0698. The number of nitrogens with zero attached hydrogens (tertiary/aromatic N) is 1. The maximum atomic E-state index is 10.9. The van der Waals surface area contributed by atoms with Crippen molar-refractivity contribution in [2.75, 3.05) is 17.2 Å². The Morgan fingerprint density at radius 1 is 1.33 bits per heavy atom. The number of aromatic carboxylic acids is 1. The SMILES string of the molecule is CC(C)CN(c1ccc(C(=O)O)c(N)c1)C(C)C. The minimum absolute atomic E-state index is 0.159. The smallest absolute Gasteiger partial charge is 0.337 e. The Morgan fingerprint density at radius 3 is 2.33 bits per heavy atom. The van der Waals surface area contributed by atoms with Gasteiger partial charge in [-0.2, -0.15) is 0 Å². The average molecular weight is 250 g/mol. The number of nitrogen functional groups attached to an aromatic ring is 1. The van der Waals surface area contributed by atoms with E-state index in [1.54, 1.807) is 12.1 Å². The van der Waals surface area contributed by atoms with E-state index >= 15 is 0 Å². The average Bonchev–Trinajstić information content (AvgIpc) is 2.24. The molecule has 0 bridgehead atoms. The molecule has 0 radical (unpaired) electrons. The van der Waals surface area contributed by atoms with E-state index in [-0.39, 0.29) is 5.56 Å². The number of hydrogen-bond donors (Lipinski definition) is 2. The van der Waals surface area contributed by atoms with Gasteiger partial charge in [0.05, 0.1) is 5.56 Å². The second kappa shape index (κ2) is 5.76. The number of hydrogen-bond acceptors (Lipinski definition) is 3. The van der Waals surface area contributed by atoms with Crippen LogP contribution in [0.4, 0.5) is 11.4 Å². The molecular formula is C14H22N2O2. The second-order valence-corrected chi connectivity index (χ2v) is 5.22. The summed E-state index contributed by atoms with van der Waals surface area (Å²) in [6, 6.07) is 5.49. The molecule has 0 aliphatic rings. The van der Waals surface area contributed by atoms with Gasteiger partial charge in [-0.05, 0) is 38.0 Å². The Labute approximate surface area is 108 Å². The third-order valence-electron chi connectivity index (χ3n) is 2.78. The normalized spacial score (nSPS) is 11.0. The maximum Gasteiger partial charge on any atom is 0.337 e. The van der Waals surface area contributed by atoms with E-state index in [0.29, 0.717) is 17.6 Å². The first-order chi connectivity index (χ1) is 8.32. The first-order valence-electron chi connectivity index (χ1n) is 6.22. The van der Waals surface area contributed by atoms with Gasteiger partial charge in [0, 0.05) is 24.0 Å². The third-order valence-corrected chi connectivity index (χ3v) is 2.78. The van der Waals surface area contributed by atoms with Gasteiger partial charge in [-0.15, -0.1) is 0 Å². The molecule has 0 aromatic heterocycles. The van der Waals surface area contributed by atoms with Crippen LogP contribution in [0.25, 0.3) is 0 Å². The summed E-state index contributed by atoms with van der Waals surface area (Å²) in [6.07, 6.45) is 0. The van der Waals surface area contributed by atoms with Crippen molar-refractivity contribution >= 4 is 17.3 Å². The topological polar surface area (TPSA) is 66.6 Å². The summed E-state index contributed by atoms with van der Waals surface area (Å²) < 4.78 is 0. The van der Waals surface area contributed by atoms with Crippen LogP contribution in [0.2, 0.25) is 0 Å². The highest BCUT2D eigenvalue weighted by atomic mass is 16.4. The first-order valence-corrected chi connectivity index (χ1v) is 6.22. The van der Waals surface area contributed by atoms with Gasteiger partial charge in [0.1, 0.15) is 0 Å². The van der Waals surface area contributed by atoms with E-state index in [4.69, 9.17) is 10.8 Å². The molecule has 0 saturated carbocycles. The van der Waals surface area contributed by atoms with Crippen molar-refractivity contribution in [3.8, 4) is 0 Å². The van der Waals surface area contributed by atoms with E-state index in [9.17, 15) is 4.79 Å². The summed E-state index contributed by atoms with van der Waals surface area (Å²) in [4.78, 5) is 13.1. The van der Waals surface area contributed by atoms with E-state index in [2.05, 4.69) is 32.6 Å². The lowest BCUT2D eigenvalue weighted by atomic mass is 10.1. The summed E-state index contributed by atoms with van der Waals surface area (Å²) in [5, 5.41) is 8.96. The zero-order chi connectivity index (χ0) is 13.9. The molecule has 0 aliphatic carbocycles. The molecule has 1 rings (SSSR count). The van der Waals surface area contributed by atoms with Crippen LogP contribution in [-0.4, -0.2) is 23.7 Å². The monoisotopic (exact) mass is 250 g/mol. The highest BCUT2D eigenvalue weighted by molar-refractivity contribution is 5.94. The third kappa shape index (κ3) is 3.39. The summed E-state index contributed by atoms with van der Waals surface area (Å²) in [5.41, 5.74) is 7.23. The van der Waals surface area contributed by atoms with Gasteiger partial charge in [0.2, 0.25) is 0 Å². The Kier molecular flexibility index (Phi) is 4.59. The molecule has 0 aliphatic heterocycles. The van der Waals surface area contributed by atoms with Crippen molar-refractivity contribution < 1.29 is 9.90 Å². The fourth-order valence-corrected chi connectivity index (χ4v) is 1.93. The van der Waals surface area contributed by atoms with Crippen molar-refractivity contribution in [2.24, 2.45) is 5.92 Å². The number of benzene rings is 1. The molecule has 100 valence electrons. The Balaban J connectivity index is 3.07. The maximum absolute atomic E-state index is 10.9. The van der Waals surface area contributed by atoms with Gasteiger partial charge in [-0.3, -0.25) is 0 Å². The minimum Gasteiger partial charge on any atom is -0.478 e. The highest BCUT2D eigenvalue weighted by Crippen LogP contribution is 2.24. The van der Waals surface area contributed by atoms with Crippen LogP contribution in [-0.2, 0) is 0 Å². The molecule has 1 aromatic carbocycles. The molecule has 18 heavy (non-hydrogen) atoms. The molecule has 0 amide bonds. The van der Waals surface area contributed by atoms with Gasteiger partial charge < -0.3 is 15.7 Å². The molecular weight excluding hydrogens is 228 g/mol. The predicted molar refractivity (Wildman–Crippen MR) is 75.1 cm³/mol. The number of anilines is 2. The molecule has 0 atom stereocenters. The largest absolute Gasteiger partial charge is 0.478 e. The zero-order valence-corrected chi connectivity index (χ0v) is 11.5. The van der Waals surface area contributed by atoms with Crippen molar-refractivity contribution in [1.82, 2.24) is 0 Å². The van der Waals surface area contributed by atoms with Gasteiger partial charge in [0.15, 0.2) is 0 Å². The second-order valence-electron chi connectivity index (χ2n) is 5.22. The van der Waals surface area contributed by atoms with Crippen LogP contribution < -0.4 is 10.6 Å². The van der Waals surface area contributed by atoms with Gasteiger partial charge in [0.25, 0.3) is 0 Å². The van der Waals surface area contributed by atoms with Crippen LogP contribution in [0.15, 0.2) is 18.2 Å². The van der Waals surface area contributed by atoms with Crippen LogP contribution in [0.1, 0.15) is 38.1 Å². The van der Waals surface area contributed by atoms with E-state index < -0.39 is 5.97 Å². The predicted octanol–water partition coefficient (Wildman–Crippen LogP) is 2.84. The molecule has 0 saturated heterocycles. The molecule has 0 heterocycles. The summed E-state index contributed by atoms with van der Waals surface area (Å²) in [5.74, 6) is -0.452. The van der Waals surface area contributed by atoms with Crippen molar-refractivity contribution in [3.05, 3.63) is 23.8 Å². The van der Waals surface area contributed by atoms with E-state index in [0.717, 1.165) is 12.2 Å². The minimum atomic E-state index is -0.987. The van der Waals surface area contributed by atoms with Crippen LogP contribution in [0.5, 0.6) is 0 Å². The zero-order valence-electron chi connectivity index (χ0n) is 11.5. The summed E-state index contributed by atoms with van der Waals surface area (Å²) >= 11 is 0. The summed E-state index contributed by atoms with van der Waals surface area (Å²) in [6.45, 7) is 9.46. The molecule has 0 unspecified atom stereocenters. The molecule has 0 spiro atoms. The van der Waals surface area contributed by atoms with Gasteiger partial charge in [-0.25, -0.2) is 4.79 Å². The van der Waals surface area contributed by atoms with Crippen LogP contribution >= 0.6 is 0 Å². The number of carboxylic acids is 1. The molecule has 1 aromatic rings. The van der Waals surface area contributed by atoms with Gasteiger partial charge in [-0.1, -0.05) is 13.8 Å². The van der Waals surface area contributed by atoms with E-state index in [1.807, 2.05) is 6.07 Å². The number of nitrogens with two attached hydrogens (primary N) is 1. The highest BCUT2D eigenvalue weighted by Gasteiger charge is 2.15. The fraction of sp³-hybridized carbons (Fsp3) is 0.500. The number of carbonyl (C=O) groups is 1. The first kappa shape index (κ1) is 14.4. The molecule has 0 fully saturated rings. The Bertz CT molecular complexity index is 428. The standard InChI is InChI=1S/C14H22N2O2/c1-9(2)8-16(10(3)4)11-5-6-12(14(17)18)13(15)7-11/h5-7,9-10H,8,15H2,1-4H3,(H,17,18). The van der Waals surface area contributed by atoms with Crippen molar-refractivity contribution in [2.45, 2.75) is 33.7 Å². The fourth-order valence-electron chi connectivity index (χ4n) is 1.93. The summed E-state index contributed by atoms with van der Waals surface area (Å²) in [7, 11) is 0.